The van der Waals surface area contributed by atoms with Gasteiger partial charge in [-0.15, -0.1) is 10.2 Å². The van der Waals surface area contributed by atoms with Gasteiger partial charge in [0.25, 0.3) is 0 Å². The van der Waals surface area contributed by atoms with Gasteiger partial charge in [0.1, 0.15) is 11.5 Å². The van der Waals surface area contributed by atoms with Gasteiger partial charge in [0.2, 0.25) is 0 Å². The van der Waals surface area contributed by atoms with E-state index >= 15 is 0 Å². The lowest BCUT2D eigenvalue weighted by Gasteiger charge is -2.18. The van der Waals surface area contributed by atoms with Crippen molar-refractivity contribution < 1.29 is 23.7 Å². The second kappa shape index (κ2) is 11.8. The fraction of sp³-hybridized carbons (Fsp3) is 0.400. The molecule has 0 aliphatic rings. The van der Waals surface area contributed by atoms with Crippen LogP contribution < -0.4 is 18.9 Å². The molecule has 0 radical (unpaired) electrons. The van der Waals surface area contributed by atoms with E-state index in [2.05, 4.69) is 24.0 Å². The molecule has 0 aliphatic carbocycles. The summed E-state index contributed by atoms with van der Waals surface area (Å²) < 4.78 is 24.0. The lowest BCUT2D eigenvalue weighted by atomic mass is 10.1. The Morgan fingerprint density at radius 1 is 0.941 bits per heavy atom. The summed E-state index contributed by atoms with van der Waals surface area (Å²) in [6.45, 7) is 6.89. The maximum atomic E-state index is 12.9. The minimum atomic E-state index is -0.339. The Balaban J connectivity index is 1.76. The van der Waals surface area contributed by atoms with Crippen LogP contribution in [0.3, 0.4) is 0 Å². The molecule has 1 unspecified atom stereocenters. The summed E-state index contributed by atoms with van der Waals surface area (Å²) in [5.74, 6) is 3.76. The lowest BCUT2D eigenvalue weighted by molar-refractivity contribution is 0.102. The average Bonchev–Trinajstić information content (AvgIpc) is 3.23. The molecule has 0 saturated carbocycles. The number of benzene rings is 2. The van der Waals surface area contributed by atoms with Gasteiger partial charge >= 0.3 is 0 Å². The van der Waals surface area contributed by atoms with Crippen LogP contribution in [0.15, 0.2) is 47.6 Å². The molecule has 0 aliphatic heterocycles. The zero-order valence-electron chi connectivity index (χ0n) is 20.4. The number of aromatic nitrogens is 3. The minimum absolute atomic E-state index is 0.0349. The van der Waals surface area contributed by atoms with Crippen molar-refractivity contribution in [2.45, 2.75) is 38.6 Å². The third-order valence-corrected chi connectivity index (χ3v) is 6.02. The van der Waals surface area contributed by atoms with E-state index in [1.54, 1.807) is 39.5 Å². The molecule has 0 fully saturated rings. The predicted molar refractivity (Wildman–Crippen MR) is 131 cm³/mol. The van der Waals surface area contributed by atoms with E-state index < -0.39 is 0 Å². The van der Waals surface area contributed by atoms with E-state index in [-0.39, 0.29) is 17.6 Å². The zero-order chi connectivity index (χ0) is 24.7. The highest BCUT2D eigenvalue weighted by Crippen LogP contribution is 2.30. The first-order valence-electron chi connectivity index (χ1n) is 11.0. The van der Waals surface area contributed by atoms with E-state index in [1.807, 2.05) is 35.8 Å². The van der Waals surface area contributed by atoms with Gasteiger partial charge in [-0.3, -0.25) is 4.79 Å². The molecule has 0 bridgehead atoms. The Morgan fingerprint density at radius 2 is 1.68 bits per heavy atom. The highest BCUT2D eigenvalue weighted by molar-refractivity contribution is 7.99. The van der Waals surface area contributed by atoms with E-state index in [9.17, 15) is 4.79 Å². The van der Waals surface area contributed by atoms with Crippen LogP contribution >= 0.6 is 11.8 Å². The number of carbonyl (C=O) groups excluding carboxylic acids is 1. The fourth-order valence-corrected chi connectivity index (χ4v) is 4.25. The van der Waals surface area contributed by atoms with Gasteiger partial charge in [-0.1, -0.05) is 31.7 Å². The molecular formula is C25H31N3O5S. The van der Waals surface area contributed by atoms with Gasteiger partial charge in [-0.25, -0.2) is 0 Å². The van der Waals surface area contributed by atoms with Crippen LogP contribution in [-0.4, -0.2) is 47.6 Å². The third-order valence-electron chi connectivity index (χ3n) is 5.05. The summed E-state index contributed by atoms with van der Waals surface area (Å²) in [7, 11) is 4.73. The Kier molecular flexibility index (Phi) is 8.81. The average molecular weight is 486 g/mol. The minimum Gasteiger partial charge on any atom is -0.497 e. The van der Waals surface area contributed by atoms with Crippen molar-refractivity contribution in [1.82, 2.24) is 14.8 Å². The zero-order valence-corrected chi connectivity index (χ0v) is 21.2. The molecule has 1 heterocycles. The number of hydrogen-bond acceptors (Lipinski definition) is 8. The van der Waals surface area contributed by atoms with Gasteiger partial charge in [0, 0.05) is 18.2 Å². The Hall–Kier alpha value is -3.20. The third kappa shape index (κ3) is 6.22. The number of rotatable bonds is 12. The summed E-state index contributed by atoms with van der Waals surface area (Å²) in [6, 6.07) is 12.6. The molecule has 0 N–H and O–H groups in total. The van der Waals surface area contributed by atoms with E-state index in [1.165, 1.54) is 11.8 Å². The number of ketones is 1. The SMILES string of the molecule is COc1cccc(OC(C)c2nnc(SCC(=O)c3ccc(OC)c(OC)c3)n2CC(C)C)c1. The number of thioether (sulfide) groups is 1. The first-order chi connectivity index (χ1) is 16.4. The molecule has 8 nitrogen and oxygen atoms in total. The molecule has 1 atom stereocenters. The van der Waals surface area contributed by atoms with Crippen molar-refractivity contribution in [1.29, 1.82) is 0 Å². The van der Waals surface area contributed by atoms with Gasteiger partial charge in [0.05, 0.1) is 27.1 Å². The van der Waals surface area contributed by atoms with Crippen molar-refractivity contribution in [3.8, 4) is 23.0 Å². The molecule has 0 spiro atoms. The summed E-state index contributed by atoms with van der Waals surface area (Å²) in [5, 5.41) is 9.44. The number of ether oxygens (including phenoxy) is 4. The summed E-state index contributed by atoms with van der Waals surface area (Å²) in [4.78, 5) is 12.9. The highest BCUT2D eigenvalue weighted by Gasteiger charge is 2.22. The molecule has 0 amide bonds. The van der Waals surface area contributed by atoms with Gasteiger partial charge in [-0.05, 0) is 43.2 Å². The molecule has 3 aromatic rings. The van der Waals surface area contributed by atoms with Crippen LogP contribution in [0.4, 0.5) is 0 Å². The first-order valence-corrected chi connectivity index (χ1v) is 12.0. The predicted octanol–water partition coefficient (Wildman–Crippen LogP) is 5.07. The fourth-order valence-electron chi connectivity index (χ4n) is 3.40. The molecular weight excluding hydrogens is 454 g/mol. The number of methoxy groups -OCH3 is 3. The van der Waals surface area contributed by atoms with Crippen molar-refractivity contribution in [2.75, 3.05) is 27.1 Å². The van der Waals surface area contributed by atoms with Crippen LogP contribution in [0.5, 0.6) is 23.0 Å². The molecule has 9 heteroatoms. The van der Waals surface area contributed by atoms with E-state index in [0.717, 1.165) is 5.75 Å². The largest absolute Gasteiger partial charge is 0.497 e. The van der Waals surface area contributed by atoms with E-state index in [0.29, 0.717) is 46.3 Å². The number of Topliss-reactive ketones (excluding diaryl/α,β-unsaturated/α-hetero) is 1. The van der Waals surface area contributed by atoms with Gasteiger partial charge < -0.3 is 23.5 Å². The quantitative estimate of drug-likeness (QED) is 0.260. The van der Waals surface area contributed by atoms with Crippen LogP contribution in [-0.2, 0) is 6.54 Å². The van der Waals surface area contributed by atoms with Gasteiger partial charge in [0.15, 0.2) is 34.4 Å². The molecule has 34 heavy (non-hydrogen) atoms. The Bertz CT molecular complexity index is 1120. The normalized spacial score (nSPS) is 11.9. The van der Waals surface area contributed by atoms with E-state index in [4.69, 9.17) is 18.9 Å². The molecule has 2 aromatic carbocycles. The van der Waals surface area contributed by atoms with Crippen LogP contribution in [0.1, 0.15) is 43.1 Å². The number of nitrogens with zero attached hydrogens (tertiary/aromatic N) is 3. The van der Waals surface area contributed by atoms with Gasteiger partial charge in [-0.2, -0.15) is 0 Å². The first kappa shape index (κ1) is 25.4. The maximum absolute atomic E-state index is 12.9. The number of hydrogen-bond donors (Lipinski definition) is 0. The smallest absolute Gasteiger partial charge is 0.191 e. The van der Waals surface area contributed by atoms with Crippen LogP contribution in [0.25, 0.3) is 0 Å². The van der Waals surface area contributed by atoms with Crippen LogP contribution in [0.2, 0.25) is 0 Å². The summed E-state index contributed by atoms with van der Waals surface area (Å²) >= 11 is 1.36. The summed E-state index contributed by atoms with van der Waals surface area (Å²) in [6.07, 6.45) is -0.339. The Labute approximate surface area is 204 Å². The maximum Gasteiger partial charge on any atom is 0.191 e. The molecule has 3 rings (SSSR count). The van der Waals surface area contributed by atoms with Crippen molar-refractivity contribution in [3.63, 3.8) is 0 Å². The lowest BCUT2D eigenvalue weighted by Crippen LogP contribution is -2.15. The monoisotopic (exact) mass is 485 g/mol. The summed E-state index contributed by atoms with van der Waals surface area (Å²) in [5.41, 5.74) is 0.551. The second-order valence-corrected chi connectivity index (χ2v) is 9.01. The molecule has 1 aromatic heterocycles. The Morgan fingerprint density at radius 3 is 2.35 bits per heavy atom. The van der Waals surface area contributed by atoms with Crippen molar-refractivity contribution in [3.05, 3.63) is 53.9 Å². The molecule has 182 valence electrons. The van der Waals surface area contributed by atoms with Crippen molar-refractivity contribution in [2.24, 2.45) is 5.92 Å². The van der Waals surface area contributed by atoms with Crippen LogP contribution in [0, 0.1) is 5.92 Å². The second-order valence-electron chi connectivity index (χ2n) is 8.07. The standard InChI is InChI=1S/C25H31N3O5S/c1-16(2)14-28-24(17(3)33-20-9-7-8-19(13-20)30-4)26-27-25(28)34-15-21(29)18-10-11-22(31-5)23(12-18)32-6/h7-13,16-17H,14-15H2,1-6H3. The molecule has 0 saturated heterocycles. The topological polar surface area (TPSA) is 84.7 Å². The number of carbonyl (C=O) groups is 1. The highest BCUT2D eigenvalue weighted by atomic mass is 32.2. The van der Waals surface area contributed by atoms with Crippen molar-refractivity contribution >= 4 is 17.5 Å².